The third-order valence-electron chi connectivity index (χ3n) is 1.50. The van der Waals surface area contributed by atoms with Gasteiger partial charge in [0.15, 0.2) is 0 Å². The molecule has 0 unspecified atom stereocenters. The molecule has 4 nitrogen and oxygen atoms in total. The Morgan fingerprint density at radius 1 is 1.12 bits per heavy atom. The van der Waals surface area contributed by atoms with Crippen LogP contribution in [0.4, 0.5) is 0 Å². The number of unbranched alkanes of at least 4 members (excludes halogenated alkanes) is 2. The molecule has 0 radical (unpaired) electrons. The minimum atomic E-state index is -3.75. The van der Waals surface area contributed by atoms with Crippen molar-refractivity contribution in [3.05, 3.63) is 4.93 Å². The number of phosphoric acid groups is 1. The maximum absolute atomic E-state index is 11.1. The van der Waals surface area contributed by atoms with Crippen LogP contribution in [0, 0.1) is 4.93 Å². The summed E-state index contributed by atoms with van der Waals surface area (Å²) in [6, 6.07) is 0. The SMILES string of the molecule is CCCCOP(=O)(O)OCCCC.[CH2-]I.[Zn]. The number of phosphoric ester groups is 1. The Kier molecular flexibility index (Phi) is 23.3. The summed E-state index contributed by atoms with van der Waals surface area (Å²) >= 11 is 1.90. The molecular formula is C9H21IO4PZn-. The monoisotopic (exact) mass is 415 g/mol. The Morgan fingerprint density at radius 3 is 1.69 bits per heavy atom. The minimum Gasteiger partial charge on any atom is -0.319 e. The summed E-state index contributed by atoms with van der Waals surface area (Å²) in [7, 11) is -3.75. The molecule has 0 rings (SSSR count). The van der Waals surface area contributed by atoms with E-state index < -0.39 is 7.82 Å². The number of hydrogen-bond donors (Lipinski definition) is 1. The van der Waals surface area contributed by atoms with Gasteiger partial charge in [0.25, 0.3) is 0 Å². The predicted octanol–water partition coefficient (Wildman–Crippen LogP) is 3.93. The predicted molar refractivity (Wildman–Crippen MR) is 70.9 cm³/mol. The van der Waals surface area contributed by atoms with Crippen LogP contribution in [0.5, 0.6) is 0 Å². The summed E-state index contributed by atoms with van der Waals surface area (Å²) < 4.78 is 20.5. The van der Waals surface area contributed by atoms with Crippen LogP contribution in [-0.2, 0) is 33.1 Å². The standard InChI is InChI=1S/C8H19O4P.CH2I.Zn/c1-3-5-7-11-13(9,10)12-8-6-4-2;1-2;/h3-8H2,1-2H3,(H,9,10);1H2;/q;-1;. The Hall–Kier alpha value is 1.46. The van der Waals surface area contributed by atoms with Gasteiger partial charge >= 0.3 is 7.82 Å². The molecule has 0 amide bonds. The fourth-order valence-electron chi connectivity index (χ4n) is 0.686. The first-order valence-electron chi connectivity index (χ1n) is 5.01. The molecule has 96 valence electrons. The first-order chi connectivity index (χ1) is 7.12. The van der Waals surface area contributed by atoms with Crippen molar-refractivity contribution < 1.29 is 38.0 Å². The number of hydrogen-bond acceptors (Lipinski definition) is 3. The van der Waals surface area contributed by atoms with Crippen molar-refractivity contribution in [3.8, 4) is 0 Å². The zero-order valence-electron chi connectivity index (χ0n) is 10.2. The summed E-state index contributed by atoms with van der Waals surface area (Å²) in [5, 5.41) is 0. The molecule has 16 heavy (non-hydrogen) atoms. The summed E-state index contributed by atoms with van der Waals surface area (Å²) in [4.78, 5) is 12.3. The third-order valence-corrected chi connectivity index (χ3v) is 2.52. The van der Waals surface area contributed by atoms with Gasteiger partial charge in [-0.25, -0.2) is 4.57 Å². The van der Waals surface area contributed by atoms with Crippen molar-refractivity contribution >= 4 is 30.4 Å². The van der Waals surface area contributed by atoms with Crippen LogP contribution in [0.15, 0.2) is 0 Å². The number of rotatable bonds is 8. The molecule has 0 aliphatic rings. The van der Waals surface area contributed by atoms with Gasteiger partial charge in [-0.15, -0.1) is 0 Å². The van der Waals surface area contributed by atoms with Gasteiger partial charge in [0, 0.05) is 19.5 Å². The molecule has 0 saturated heterocycles. The normalized spacial score (nSPS) is 10.1. The second-order valence-corrected chi connectivity index (χ2v) is 4.30. The van der Waals surface area contributed by atoms with Gasteiger partial charge in [0.2, 0.25) is 0 Å². The molecule has 0 spiro atoms. The van der Waals surface area contributed by atoms with E-state index in [1.165, 1.54) is 0 Å². The van der Waals surface area contributed by atoms with Crippen molar-refractivity contribution in [2.75, 3.05) is 13.2 Å². The molecule has 0 aromatic carbocycles. The van der Waals surface area contributed by atoms with Gasteiger partial charge in [0.1, 0.15) is 0 Å². The third kappa shape index (κ3) is 17.8. The Bertz CT molecular complexity index is 158. The molecular weight excluding hydrogens is 395 g/mol. The second kappa shape index (κ2) is 16.5. The molecule has 1 N–H and O–H groups in total. The molecule has 0 aliphatic heterocycles. The van der Waals surface area contributed by atoms with E-state index in [1.54, 1.807) is 0 Å². The van der Waals surface area contributed by atoms with Gasteiger partial charge in [0.05, 0.1) is 13.2 Å². The molecule has 0 atom stereocenters. The Labute approximate surface area is 125 Å². The van der Waals surface area contributed by atoms with Gasteiger partial charge in [-0.2, -0.15) is 0 Å². The van der Waals surface area contributed by atoms with Crippen LogP contribution in [0.25, 0.3) is 0 Å². The number of halogens is 1. The van der Waals surface area contributed by atoms with E-state index in [0.717, 1.165) is 25.7 Å². The zero-order valence-corrected chi connectivity index (χ0v) is 16.2. The van der Waals surface area contributed by atoms with Crippen LogP contribution in [0.1, 0.15) is 39.5 Å². The van der Waals surface area contributed by atoms with Crippen molar-refractivity contribution in [1.29, 1.82) is 0 Å². The average Bonchev–Trinajstić information content (AvgIpc) is 2.21. The van der Waals surface area contributed by atoms with E-state index in [1.807, 2.05) is 36.4 Å². The van der Waals surface area contributed by atoms with Crippen LogP contribution in [0.3, 0.4) is 0 Å². The molecule has 0 aliphatic carbocycles. The van der Waals surface area contributed by atoms with E-state index >= 15 is 0 Å². The first kappa shape index (κ1) is 22.6. The van der Waals surface area contributed by atoms with Gasteiger partial charge in [-0.3, -0.25) is 14.0 Å². The van der Waals surface area contributed by atoms with Crippen LogP contribution < -0.4 is 0 Å². The molecule has 7 heteroatoms. The van der Waals surface area contributed by atoms with Crippen molar-refractivity contribution in [1.82, 2.24) is 0 Å². The van der Waals surface area contributed by atoms with E-state index in [0.29, 0.717) is 0 Å². The molecule has 0 saturated carbocycles. The van der Waals surface area contributed by atoms with Crippen molar-refractivity contribution in [2.24, 2.45) is 0 Å². The smallest absolute Gasteiger partial charge is 0.319 e. The van der Waals surface area contributed by atoms with E-state index in [4.69, 9.17) is 13.9 Å². The quantitative estimate of drug-likeness (QED) is 0.214. The van der Waals surface area contributed by atoms with Crippen LogP contribution >= 0.6 is 30.4 Å². The summed E-state index contributed by atoms with van der Waals surface area (Å²) in [6.07, 6.45) is 3.44. The van der Waals surface area contributed by atoms with Crippen LogP contribution in [0.2, 0.25) is 0 Å². The molecule has 0 fully saturated rings. The molecule has 0 aromatic rings. The average molecular weight is 417 g/mol. The first-order valence-corrected chi connectivity index (χ1v) is 8.03. The van der Waals surface area contributed by atoms with Crippen LogP contribution in [-0.4, -0.2) is 18.1 Å². The van der Waals surface area contributed by atoms with Gasteiger partial charge < -0.3 is 27.5 Å². The topological polar surface area (TPSA) is 55.8 Å². The van der Waals surface area contributed by atoms with Gasteiger partial charge in [-0.05, 0) is 12.8 Å². The largest absolute Gasteiger partial charge is 0.472 e. The van der Waals surface area contributed by atoms with E-state index in [2.05, 4.69) is 4.93 Å². The van der Waals surface area contributed by atoms with Crippen molar-refractivity contribution in [3.63, 3.8) is 0 Å². The minimum absolute atomic E-state index is 0. The van der Waals surface area contributed by atoms with Crippen molar-refractivity contribution in [2.45, 2.75) is 39.5 Å². The van der Waals surface area contributed by atoms with Gasteiger partial charge in [-0.1, -0.05) is 26.7 Å². The molecule has 0 bridgehead atoms. The fraction of sp³-hybridized carbons (Fsp3) is 0.889. The summed E-state index contributed by atoms with van der Waals surface area (Å²) in [5.41, 5.74) is 0. The molecule has 0 heterocycles. The van der Waals surface area contributed by atoms with E-state index in [9.17, 15) is 4.57 Å². The van der Waals surface area contributed by atoms with E-state index in [-0.39, 0.29) is 32.7 Å². The zero-order chi connectivity index (χ0) is 12.2. The maximum atomic E-state index is 11.1. The second-order valence-electron chi connectivity index (χ2n) is 2.84. The maximum Gasteiger partial charge on any atom is 0.472 e. The summed E-state index contributed by atoms with van der Waals surface area (Å²) in [6.45, 7) is 4.56. The molecule has 0 aromatic heterocycles. The fourth-order valence-corrected chi connectivity index (χ4v) is 1.48. The Balaban J connectivity index is -0.000000529. The Morgan fingerprint density at radius 2 is 1.44 bits per heavy atom. The summed E-state index contributed by atoms with van der Waals surface area (Å²) in [5.74, 6) is 0.